The van der Waals surface area contributed by atoms with E-state index in [1.807, 2.05) is 0 Å². The van der Waals surface area contributed by atoms with E-state index in [4.69, 9.17) is 4.74 Å². The molecule has 0 unspecified atom stereocenters. The minimum atomic E-state index is -1.12. The van der Waals surface area contributed by atoms with Gasteiger partial charge in [0, 0.05) is 6.54 Å². The fourth-order valence-electron chi connectivity index (χ4n) is 1.56. The van der Waals surface area contributed by atoms with Crippen LogP contribution in [0.4, 0.5) is 5.69 Å². The van der Waals surface area contributed by atoms with Crippen molar-refractivity contribution < 1.29 is 14.5 Å². The number of hydrogen-bond acceptors (Lipinski definition) is 6. The number of esters is 1. The second-order valence-corrected chi connectivity index (χ2v) is 4.27. The average Bonchev–Trinajstić information content (AvgIpc) is 2.33. The van der Waals surface area contributed by atoms with E-state index < -0.39 is 40.5 Å². The molecule has 0 aromatic carbocycles. The molecule has 0 aliphatic carbocycles. The summed E-state index contributed by atoms with van der Waals surface area (Å²) in [6, 6.07) is 0. The minimum Gasteiger partial charge on any atom is -0.462 e. The predicted molar refractivity (Wildman–Crippen MR) is 68.5 cm³/mol. The number of aryl methyl sites for hydroxylation is 1. The number of rotatable bonds is 5. The van der Waals surface area contributed by atoms with Gasteiger partial charge in [0.25, 0.3) is 0 Å². The van der Waals surface area contributed by atoms with Crippen molar-refractivity contribution in [3.8, 4) is 0 Å². The molecular formula is C11H15N3O6. The van der Waals surface area contributed by atoms with Crippen LogP contribution >= 0.6 is 0 Å². The first-order valence-electron chi connectivity index (χ1n) is 5.96. The van der Waals surface area contributed by atoms with Crippen LogP contribution < -0.4 is 11.2 Å². The number of ether oxygens (including phenoxy) is 1. The summed E-state index contributed by atoms with van der Waals surface area (Å²) in [5.41, 5.74) is -2.67. The maximum atomic E-state index is 11.9. The van der Waals surface area contributed by atoms with Crippen LogP contribution in [0, 0.1) is 10.1 Å². The van der Waals surface area contributed by atoms with Crippen molar-refractivity contribution in [2.75, 3.05) is 0 Å². The minimum absolute atomic E-state index is 0.138. The van der Waals surface area contributed by atoms with E-state index in [0.717, 1.165) is 10.8 Å². The third-order valence-corrected chi connectivity index (χ3v) is 2.41. The van der Waals surface area contributed by atoms with Gasteiger partial charge in [-0.25, -0.2) is 9.36 Å². The van der Waals surface area contributed by atoms with E-state index >= 15 is 0 Å². The number of carbonyl (C=O) groups is 1. The van der Waals surface area contributed by atoms with Crippen LogP contribution in [0.3, 0.4) is 0 Å². The third-order valence-electron chi connectivity index (χ3n) is 2.41. The van der Waals surface area contributed by atoms with Crippen LogP contribution in [0.2, 0.25) is 0 Å². The maximum Gasteiger partial charge on any atom is 0.350 e. The van der Waals surface area contributed by atoms with E-state index in [2.05, 4.69) is 0 Å². The van der Waals surface area contributed by atoms with Crippen molar-refractivity contribution in [2.45, 2.75) is 40.0 Å². The zero-order chi connectivity index (χ0) is 15.4. The maximum absolute atomic E-state index is 11.9. The van der Waals surface area contributed by atoms with Crippen LogP contribution in [-0.4, -0.2) is 26.1 Å². The van der Waals surface area contributed by atoms with Crippen LogP contribution in [0.15, 0.2) is 15.8 Å². The summed E-state index contributed by atoms with van der Waals surface area (Å²) in [4.78, 5) is 45.1. The molecule has 0 aliphatic rings. The molecular weight excluding hydrogens is 270 g/mol. The van der Waals surface area contributed by atoms with Crippen molar-refractivity contribution in [2.24, 2.45) is 0 Å². The predicted octanol–water partition coefficient (Wildman–Crippen LogP) is -0.110. The molecule has 20 heavy (non-hydrogen) atoms. The fourth-order valence-corrected chi connectivity index (χ4v) is 1.56. The molecule has 1 aromatic heterocycles. The van der Waals surface area contributed by atoms with E-state index in [1.54, 1.807) is 20.8 Å². The van der Waals surface area contributed by atoms with Gasteiger partial charge in [-0.3, -0.25) is 24.3 Å². The largest absolute Gasteiger partial charge is 0.462 e. The first kappa shape index (κ1) is 15.6. The second-order valence-electron chi connectivity index (χ2n) is 4.27. The summed E-state index contributed by atoms with van der Waals surface area (Å²) < 4.78 is 6.32. The van der Waals surface area contributed by atoms with Gasteiger partial charge in [-0.2, -0.15) is 0 Å². The van der Waals surface area contributed by atoms with E-state index in [-0.39, 0.29) is 6.54 Å². The molecule has 0 aliphatic heterocycles. The van der Waals surface area contributed by atoms with Crippen molar-refractivity contribution >= 4 is 11.7 Å². The van der Waals surface area contributed by atoms with Crippen molar-refractivity contribution in [1.82, 2.24) is 9.13 Å². The van der Waals surface area contributed by atoms with Gasteiger partial charge in [0.05, 0.1) is 17.2 Å². The first-order chi connectivity index (χ1) is 9.27. The Labute approximate surface area is 113 Å². The van der Waals surface area contributed by atoms with Gasteiger partial charge in [-0.05, 0) is 20.8 Å². The molecule has 0 radical (unpaired) electrons. The van der Waals surface area contributed by atoms with Gasteiger partial charge >= 0.3 is 22.9 Å². The monoisotopic (exact) mass is 285 g/mol. The highest BCUT2D eigenvalue weighted by atomic mass is 16.6. The Hall–Kier alpha value is -2.45. The van der Waals surface area contributed by atoms with Gasteiger partial charge in [0.15, 0.2) is 0 Å². The van der Waals surface area contributed by atoms with Crippen molar-refractivity contribution in [3.05, 3.63) is 37.1 Å². The lowest BCUT2D eigenvalue weighted by molar-refractivity contribution is -0.387. The van der Waals surface area contributed by atoms with Gasteiger partial charge in [0.1, 0.15) is 6.54 Å². The molecule has 9 heteroatoms. The molecule has 110 valence electrons. The van der Waals surface area contributed by atoms with Gasteiger partial charge in [-0.1, -0.05) is 0 Å². The Morgan fingerprint density at radius 1 is 1.45 bits per heavy atom. The van der Waals surface area contributed by atoms with Gasteiger partial charge in [-0.15, -0.1) is 0 Å². The topological polar surface area (TPSA) is 113 Å². The second kappa shape index (κ2) is 6.13. The molecule has 9 nitrogen and oxygen atoms in total. The first-order valence-corrected chi connectivity index (χ1v) is 5.96. The number of hydrogen-bond donors (Lipinski definition) is 0. The highest BCUT2D eigenvalue weighted by Crippen LogP contribution is 2.01. The molecule has 0 atom stereocenters. The van der Waals surface area contributed by atoms with E-state index in [9.17, 15) is 24.5 Å². The molecule has 1 heterocycles. The smallest absolute Gasteiger partial charge is 0.350 e. The van der Waals surface area contributed by atoms with Gasteiger partial charge < -0.3 is 4.74 Å². The third kappa shape index (κ3) is 3.31. The zero-order valence-corrected chi connectivity index (χ0v) is 11.4. The molecule has 0 N–H and O–H groups in total. The molecule has 0 spiro atoms. The Kier molecular flexibility index (Phi) is 4.78. The lowest BCUT2D eigenvalue weighted by Crippen LogP contribution is -2.42. The van der Waals surface area contributed by atoms with Gasteiger partial charge in [0.2, 0.25) is 0 Å². The fraction of sp³-hybridized carbons (Fsp3) is 0.545. The molecule has 1 aromatic rings. The van der Waals surface area contributed by atoms with E-state index in [0.29, 0.717) is 4.57 Å². The summed E-state index contributed by atoms with van der Waals surface area (Å²) in [6.07, 6.45) is 0.458. The Bertz CT molecular complexity index is 643. The molecule has 0 bridgehead atoms. The van der Waals surface area contributed by atoms with E-state index in [1.165, 1.54) is 0 Å². The van der Waals surface area contributed by atoms with Crippen LogP contribution in [0.5, 0.6) is 0 Å². The summed E-state index contributed by atoms with van der Waals surface area (Å²) in [6.45, 7) is 4.29. The van der Waals surface area contributed by atoms with Crippen molar-refractivity contribution in [1.29, 1.82) is 0 Å². The van der Waals surface area contributed by atoms with Crippen LogP contribution in [0.25, 0.3) is 0 Å². The Morgan fingerprint density at radius 3 is 2.50 bits per heavy atom. The number of nitro groups is 1. The molecule has 0 fully saturated rings. The lowest BCUT2D eigenvalue weighted by atomic mass is 10.4. The van der Waals surface area contributed by atoms with Crippen molar-refractivity contribution in [3.63, 3.8) is 0 Å². The standard InChI is InChI=1S/C11H15N3O6/c1-4-12-5-8(14(18)19)10(16)13(11(12)17)6-9(15)20-7(2)3/h5,7H,4,6H2,1-3H3. The molecule has 0 saturated carbocycles. The number of aromatic nitrogens is 2. The highest BCUT2D eigenvalue weighted by molar-refractivity contribution is 5.69. The summed E-state index contributed by atoms with van der Waals surface area (Å²) in [5.74, 6) is -0.803. The molecule has 1 rings (SSSR count). The molecule has 0 amide bonds. The zero-order valence-electron chi connectivity index (χ0n) is 11.4. The number of nitrogens with zero attached hydrogens (tertiary/aromatic N) is 3. The quantitative estimate of drug-likeness (QED) is 0.423. The Balaban J connectivity index is 3.34. The lowest BCUT2D eigenvalue weighted by Gasteiger charge is -2.10. The van der Waals surface area contributed by atoms with Crippen LogP contribution in [0.1, 0.15) is 20.8 Å². The summed E-state index contributed by atoms with van der Waals surface area (Å²) in [7, 11) is 0. The number of carbonyl (C=O) groups excluding carboxylic acids is 1. The summed E-state index contributed by atoms with van der Waals surface area (Å²) >= 11 is 0. The average molecular weight is 285 g/mol. The highest BCUT2D eigenvalue weighted by Gasteiger charge is 2.21. The Morgan fingerprint density at radius 2 is 2.05 bits per heavy atom. The molecule has 0 saturated heterocycles. The SMILES string of the molecule is CCn1cc([N+](=O)[O-])c(=O)n(CC(=O)OC(C)C)c1=O. The van der Waals surface area contributed by atoms with Crippen LogP contribution in [-0.2, 0) is 22.6 Å². The normalized spacial score (nSPS) is 10.6. The summed E-state index contributed by atoms with van der Waals surface area (Å²) in [5, 5.41) is 10.8.